The van der Waals surface area contributed by atoms with E-state index in [1.807, 2.05) is 32.0 Å². The van der Waals surface area contributed by atoms with E-state index in [-0.39, 0.29) is 0 Å². The van der Waals surface area contributed by atoms with Gasteiger partial charge in [0.1, 0.15) is 0 Å². The Morgan fingerprint density at radius 3 is 2.68 bits per heavy atom. The maximum atomic E-state index is 5.54. The molecule has 25 heavy (non-hydrogen) atoms. The molecule has 0 atom stereocenters. The number of rotatable bonds is 7. The van der Waals surface area contributed by atoms with Crippen molar-refractivity contribution in [3.63, 3.8) is 0 Å². The molecule has 0 saturated carbocycles. The summed E-state index contributed by atoms with van der Waals surface area (Å²) in [5.74, 6) is 2.14. The lowest BCUT2D eigenvalue weighted by atomic mass is 10.2. The molecular formula is C18H26N4O2S. The number of aromatic nitrogens is 1. The lowest BCUT2D eigenvalue weighted by molar-refractivity contribution is 0.311. The monoisotopic (exact) mass is 362 g/mol. The molecule has 2 N–H and O–H groups in total. The fraction of sp³-hybridized carbons (Fsp3) is 0.444. The van der Waals surface area contributed by atoms with Crippen LogP contribution in [0.15, 0.2) is 23.2 Å². The molecule has 1 aromatic carbocycles. The fourth-order valence-electron chi connectivity index (χ4n) is 2.44. The number of nitrogens with one attached hydrogen (secondary N) is 2. The van der Waals surface area contributed by atoms with Crippen LogP contribution in [0.2, 0.25) is 0 Å². The van der Waals surface area contributed by atoms with Crippen molar-refractivity contribution in [2.45, 2.75) is 27.2 Å². The zero-order valence-electron chi connectivity index (χ0n) is 15.5. The van der Waals surface area contributed by atoms with Crippen LogP contribution in [-0.2, 0) is 6.42 Å². The molecule has 0 aliphatic carbocycles. The Hall–Kier alpha value is -2.28. The molecule has 1 heterocycles. The number of benzene rings is 1. The summed E-state index contributed by atoms with van der Waals surface area (Å²) in [4.78, 5) is 10.0. The molecule has 0 aliphatic heterocycles. The van der Waals surface area contributed by atoms with Crippen molar-refractivity contribution in [2.24, 2.45) is 4.99 Å². The first-order valence-corrected chi connectivity index (χ1v) is 9.10. The van der Waals surface area contributed by atoms with Crippen LogP contribution in [0.4, 0.5) is 5.69 Å². The summed E-state index contributed by atoms with van der Waals surface area (Å²) in [6.45, 7) is 7.43. The smallest absolute Gasteiger partial charge is 0.195 e. The molecule has 7 heteroatoms. The van der Waals surface area contributed by atoms with E-state index in [1.54, 1.807) is 25.5 Å². The normalized spacial score (nSPS) is 11.3. The van der Waals surface area contributed by atoms with Crippen molar-refractivity contribution in [2.75, 3.05) is 32.6 Å². The molecule has 0 fully saturated rings. The van der Waals surface area contributed by atoms with Gasteiger partial charge in [-0.25, -0.2) is 4.98 Å². The number of anilines is 1. The molecule has 2 rings (SSSR count). The predicted molar refractivity (Wildman–Crippen MR) is 104 cm³/mol. The van der Waals surface area contributed by atoms with E-state index < -0.39 is 0 Å². The lowest BCUT2D eigenvalue weighted by Gasteiger charge is -2.14. The summed E-state index contributed by atoms with van der Waals surface area (Å²) in [5, 5.41) is 7.70. The minimum absolute atomic E-state index is 0.600. The highest BCUT2D eigenvalue weighted by Crippen LogP contribution is 2.30. The molecule has 0 amide bonds. The minimum atomic E-state index is 0.600. The molecule has 0 bridgehead atoms. The Morgan fingerprint density at radius 1 is 1.28 bits per heavy atom. The Bertz CT molecular complexity index is 728. The quantitative estimate of drug-likeness (QED) is 0.584. The third kappa shape index (κ3) is 5.35. The van der Waals surface area contributed by atoms with Crippen LogP contribution in [0.1, 0.15) is 22.5 Å². The third-order valence-corrected chi connectivity index (χ3v) is 4.73. The zero-order chi connectivity index (χ0) is 18.2. The van der Waals surface area contributed by atoms with Crippen molar-refractivity contribution >= 4 is 23.0 Å². The van der Waals surface area contributed by atoms with Gasteiger partial charge in [-0.1, -0.05) is 0 Å². The second-order valence-corrected chi connectivity index (χ2v) is 6.70. The first-order chi connectivity index (χ1) is 12.1. The van der Waals surface area contributed by atoms with E-state index >= 15 is 0 Å². The number of aliphatic imine (C=N–C) groups is 1. The van der Waals surface area contributed by atoms with Gasteiger partial charge in [0.15, 0.2) is 17.5 Å². The summed E-state index contributed by atoms with van der Waals surface area (Å²) < 4.78 is 10.9. The maximum absolute atomic E-state index is 5.54. The van der Waals surface area contributed by atoms with Crippen molar-refractivity contribution in [1.29, 1.82) is 0 Å². The highest BCUT2D eigenvalue weighted by atomic mass is 32.1. The van der Waals surface area contributed by atoms with Crippen LogP contribution in [-0.4, -0.2) is 38.3 Å². The van der Waals surface area contributed by atoms with Gasteiger partial charge in [0, 0.05) is 36.6 Å². The molecular weight excluding hydrogens is 336 g/mol. The summed E-state index contributed by atoms with van der Waals surface area (Å²) in [7, 11) is 3.39. The number of ether oxygens (including phenoxy) is 2. The van der Waals surface area contributed by atoms with Gasteiger partial charge in [-0.3, -0.25) is 4.99 Å². The maximum Gasteiger partial charge on any atom is 0.195 e. The van der Waals surface area contributed by atoms with Gasteiger partial charge in [-0.2, -0.15) is 0 Å². The summed E-state index contributed by atoms with van der Waals surface area (Å²) in [5.41, 5.74) is 2.00. The Morgan fingerprint density at radius 2 is 2.08 bits per heavy atom. The molecule has 0 aliphatic rings. The first-order valence-electron chi connectivity index (χ1n) is 8.28. The van der Waals surface area contributed by atoms with E-state index in [1.165, 1.54) is 4.88 Å². The van der Waals surface area contributed by atoms with E-state index in [2.05, 4.69) is 27.5 Å². The van der Waals surface area contributed by atoms with Gasteiger partial charge in [0.2, 0.25) is 0 Å². The molecule has 0 saturated heterocycles. The highest BCUT2D eigenvalue weighted by molar-refractivity contribution is 7.11. The van der Waals surface area contributed by atoms with Gasteiger partial charge in [-0.15, -0.1) is 11.3 Å². The number of aryl methyl sites for hydroxylation is 2. The summed E-state index contributed by atoms with van der Waals surface area (Å²) in [6.07, 6.45) is 0.921. The van der Waals surface area contributed by atoms with E-state index in [4.69, 9.17) is 9.47 Å². The SMILES string of the molecule is CCOc1ccc(NC(=NC)NCCc2sc(C)nc2C)cc1OC. The molecule has 136 valence electrons. The Labute approximate surface area is 153 Å². The number of hydrogen-bond acceptors (Lipinski definition) is 5. The second-order valence-electron chi connectivity index (χ2n) is 5.41. The summed E-state index contributed by atoms with van der Waals surface area (Å²) >= 11 is 1.75. The van der Waals surface area contributed by atoms with Crippen molar-refractivity contribution in [3.05, 3.63) is 33.8 Å². The van der Waals surface area contributed by atoms with Crippen LogP contribution in [0.3, 0.4) is 0 Å². The predicted octanol–water partition coefficient (Wildman–Crippen LogP) is 3.40. The van der Waals surface area contributed by atoms with Crippen molar-refractivity contribution < 1.29 is 9.47 Å². The van der Waals surface area contributed by atoms with Gasteiger partial charge in [0.05, 0.1) is 24.4 Å². The fourth-order valence-corrected chi connectivity index (χ4v) is 3.37. The molecule has 0 spiro atoms. The zero-order valence-corrected chi connectivity index (χ0v) is 16.3. The largest absolute Gasteiger partial charge is 0.493 e. The first kappa shape index (κ1) is 19.1. The molecule has 1 aromatic heterocycles. The van der Waals surface area contributed by atoms with Crippen LogP contribution < -0.4 is 20.1 Å². The van der Waals surface area contributed by atoms with Gasteiger partial charge >= 0.3 is 0 Å². The standard InChI is InChI=1S/C18H26N4O2S/c1-6-24-15-8-7-14(11-16(15)23-5)22-18(19-4)20-10-9-17-12(2)21-13(3)25-17/h7-8,11H,6,9-10H2,1-5H3,(H2,19,20,22). The van der Waals surface area contributed by atoms with Crippen LogP contribution >= 0.6 is 11.3 Å². The number of thiazole rings is 1. The van der Waals surface area contributed by atoms with E-state index in [0.29, 0.717) is 18.3 Å². The molecule has 0 unspecified atom stereocenters. The van der Waals surface area contributed by atoms with Gasteiger partial charge < -0.3 is 20.1 Å². The summed E-state index contributed by atoms with van der Waals surface area (Å²) in [6, 6.07) is 5.73. The number of methoxy groups -OCH3 is 1. The van der Waals surface area contributed by atoms with E-state index in [0.717, 1.165) is 35.1 Å². The average Bonchev–Trinajstić information content (AvgIpc) is 2.92. The van der Waals surface area contributed by atoms with Gasteiger partial charge in [0.25, 0.3) is 0 Å². The molecule has 6 nitrogen and oxygen atoms in total. The Kier molecular flexibility index (Phi) is 7.06. The van der Waals surface area contributed by atoms with Crippen LogP contribution in [0.5, 0.6) is 11.5 Å². The molecule has 0 radical (unpaired) electrons. The topological polar surface area (TPSA) is 67.8 Å². The van der Waals surface area contributed by atoms with Gasteiger partial charge in [-0.05, 0) is 32.9 Å². The van der Waals surface area contributed by atoms with Crippen molar-refractivity contribution in [1.82, 2.24) is 10.3 Å². The van der Waals surface area contributed by atoms with Crippen LogP contribution in [0.25, 0.3) is 0 Å². The second kappa shape index (κ2) is 9.27. The number of nitrogens with zero attached hydrogens (tertiary/aromatic N) is 2. The third-order valence-electron chi connectivity index (χ3n) is 3.59. The number of hydrogen-bond donors (Lipinski definition) is 2. The van der Waals surface area contributed by atoms with Crippen LogP contribution in [0, 0.1) is 13.8 Å². The van der Waals surface area contributed by atoms with Crippen molar-refractivity contribution in [3.8, 4) is 11.5 Å². The lowest BCUT2D eigenvalue weighted by Crippen LogP contribution is -2.32. The molecule has 2 aromatic rings. The highest BCUT2D eigenvalue weighted by Gasteiger charge is 2.08. The Balaban J connectivity index is 1.94. The average molecular weight is 362 g/mol. The minimum Gasteiger partial charge on any atom is -0.493 e. The van der Waals surface area contributed by atoms with E-state index in [9.17, 15) is 0 Å². The number of guanidine groups is 1.